The second kappa shape index (κ2) is 3.90. The summed E-state index contributed by atoms with van der Waals surface area (Å²) in [7, 11) is 0. The summed E-state index contributed by atoms with van der Waals surface area (Å²) in [5.74, 6) is -1.17. The lowest BCUT2D eigenvalue weighted by molar-refractivity contribution is -0.138. The van der Waals surface area contributed by atoms with Gasteiger partial charge in [-0.3, -0.25) is 4.79 Å². The first-order valence-corrected chi connectivity index (χ1v) is 5.00. The van der Waals surface area contributed by atoms with Crippen LogP contribution in [0.5, 0.6) is 0 Å². The average molecular weight is 206 g/mol. The Kier molecular flexibility index (Phi) is 2.60. The van der Waals surface area contributed by atoms with Crippen LogP contribution in [-0.4, -0.2) is 30.7 Å². The monoisotopic (exact) mass is 206 g/mol. The molecule has 1 aromatic rings. The summed E-state index contributed by atoms with van der Waals surface area (Å²) in [5, 5.41) is 9.09. The number of fused-ring (bicyclic) bond motifs is 1. The van der Waals surface area contributed by atoms with Crippen molar-refractivity contribution in [3.05, 3.63) is 29.8 Å². The molecule has 1 aliphatic heterocycles. The number of carboxylic acids is 1. The van der Waals surface area contributed by atoms with Crippen molar-refractivity contribution in [2.75, 3.05) is 24.5 Å². The molecule has 1 aromatic carbocycles. The van der Waals surface area contributed by atoms with E-state index < -0.39 is 11.9 Å². The van der Waals surface area contributed by atoms with Crippen LogP contribution in [0, 0.1) is 0 Å². The molecule has 0 radical (unpaired) electrons. The lowest BCUT2D eigenvalue weighted by Crippen LogP contribution is -2.29. The zero-order valence-corrected chi connectivity index (χ0v) is 8.39. The van der Waals surface area contributed by atoms with Crippen molar-refractivity contribution >= 4 is 11.7 Å². The fraction of sp³-hybridized carbons (Fsp3) is 0.364. The van der Waals surface area contributed by atoms with E-state index in [2.05, 4.69) is 0 Å². The molecule has 0 fully saturated rings. The van der Waals surface area contributed by atoms with E-state index in [0.29, 0.717) is 19.6 Å². The Bertz CT molecular complexity index is 379. The number of hydrogen-bond acceptors (Lipinski definition) is 3. The van der Waals surface area contributed by atoms with Crippen molar-refractivity contribution < 1.29 is 9.90 Å². The van der Waals surface area contributed by atoms with Crippen LogP contribution >= 0.6 is 0 Å². The van der Waals surface area contributed by atoms with Crippen LogP contribution in [0.3, 0.4) is 0 Å². The van der Waals surface area contributed by atoms with Gasteiger partial charge in [0.2, 0.25) is 0 Å². The van der Waals surface area contributed by atoms with Crippen molar-refractivity contribution in [3.63, 3.8) is 0 Å². The first-order valence-electron chi connectivity index (χ1n) is 5.00. The van der Waals surface area contributed by atoms with Crippen molar-refractivity contribution in [1.82, 2.24) is 0 Å². The number of aliphatic carboxylic acids is 1. The van der Waals surface area contributed by atoms with Gasteiger partial charge in [0, 0.05) is 25.3 Å². The Hall–Kier alpha value is -1.55. The maximum Gasteiger partial charge on any atom is 0.312 e. The van der Waals surface area contributed by atoms with Crippen LogP contribution < -0.4 is 10.6 Å². The number of rotatable bonds is 3. The van der Waals surface area contributed by atoms with Gasteiger partial charge in [-0.05, 0) is 11.6 Å². The third kappa shape index (κ3) is 1.68. The molecule has 4 heteroatoms. The SMILES string of the molecule is NCCN1CC(C(=O)O)c2ccccc21. The second-order valence-corrected chi connectivity index (χ2v) is 3.68. The highest BCUT2D eigenvalue weighted by Gasteiger charge is 2.32. The van der Waals surface area contributed by atoms with E-state index in [9.17, 15) is 4.79 Å². The highest BCUT2D eigenvalue weighted by atomic mass is 16.4. The molecule has 0 amide bonds. The molecule has 1 aliphatic rings. The Morgan fingerprint density at radius 1 is 1.53 bits per heavy atom. The average Bonchev–Trinajstić information content (AvgIpc) is 2.59. The summed E-state index contributed by atoms with van der Waals surface area (Å²) in [5.41, 5.74) is 7.41. The molecule has 3 N–H and O–H groups in total. The van der Waals surface area contributed by atoms with Gasteiger partial charge in [0.15, 0.2) is 0 Å². The molecule has 0 aliphatic carbocycles. The topological polar surface area (TPSA) is 66.6 Å². The fourth-order valence-corrected chi connectivity index (χ4v) is 2.07. The lowest BCUT2D eigenvalue weighted by atomic mass is 10.0. The van der Waals surface area contributed by atoms with Crippen LogP contribution in [0.25, 0.3) is 0 Å². The van der Waals surface area contributed by atoms with E-state index in [1.165, 1.54) is 0 Å². The molecule has 80 valence electrons. The number of hydrogen-bond donors (Lipinski definition) is 2. The zero-order valence-electron chi connectivity index (χ0n) is 8.39. The summed E-state index contributed by atoms with van der Waals surface area (Å²) in [6.45, 7) is 1.79. The van der Waals surface area contributed by atoms with E-state index in [4.69, 9.17) is 10.8 Å². The highest BCUT2D eigenvalue weighted by Crippen LogP contribution is 2.35. The molecule has 0 aromatic heterocycles. The first kappa shape index (κ1) is 9.98. The minimum absolute atomic E-state index is 0.409. The van der Waals surface area contributed by atoms with E-state index >= 15 is 0 Å². The molecule has 1 heterocycles. The number of nitrogens with two attached hydrogens (primary N) is 1. The molecule has 0 spiro atoms. The van der Waals surface area contributed by atoms with Crippen LogP contribution in [-0.2, 0) is 4.79 Å². The molecule has 4 nitrogen and oxygen atoms in total. The Labute approximate surface area is 88.3 Å². The van der Waals surface area contributed by atoms with Gasteiger partial charge in [-0.25, -0.2) is 0 Å². The number of benzene rings is 1. The number of carbonyl (C=O) groups is 1. The minimum atomic E-state index is -0.762. The van der Waals surface area contributed by atoms with Gasteiger partial charge in [-0.1, -0.05) is 18.2 Å². The van der Waals surface area contributed by atoms with Crippen molar-refractivity contribution in [1.29, 1.82) is 0 Å². The molecular weight excluding hydrogens is 192 g/mol. The Balaban J connectivity index is 2.35. The molecule has 1 atom stereocenters. The predicted octanol–water partition coefficient (Wildman–Crippen LogP) is 0.634. The lowest BCUT2D eigenvalue weighted by Gasteiger charge is -2.17. The van der Waals surface area contributed by atoms with Gasteiger partial charge >= 0.3 is 5.97 Å². The molecule has 0 saturated carbocycles. The molecule has 2 rings (SSSR count). The smallest absolute Gasteiger partial charge is 0.312 e. The van der Waals surface area contributed by atoms with Gasteiger partial charge in [-0.15, -0.1) is 0 Å². The molecule has 15 heavy (non-hydrogen) atoms. The first-order chi connectivity index (χ1) is 7.24. The van der Waals surface area contributed by atoms with Crippen molar-refractivity contribution in [3.8, 4) is 0 Å². The van der Waals surface area contributed by atoms with E-state index in [1.807, 2.05) is 29.2 Å². The third-order valence-electron chi connectivity index (χ3n) is 2.75. The summed E-state index contributed by atoms with van der Waals surface area (Å²) >= 11 is 0. The normalized spacial score (nSPS) is 19.0. The Morgan fingerprint density at radius 2 is 2.27 bits per heavy atom. The predicted molar refractivity (Wildman–Crippen MR) is 58.1 cm³/mol. The zero-order chi connectivity index (χ0) is 10.8. The highest BCUT2D eigenvalue weighted by molar-refractivity contribution is 5.82. The number of nitrogens with zero attached hydrogens (tertiary/aromatic N) is 1. The molecule has 0 saturated heterocycles. The van der Waals surface area contributed by atoms with Crippen molar-refractivity contribution in [2.45, 2.75) is 5.92 Å². The third-order valence-corrected chi connectivity index (χ3v) is 2.75. The summed E-state index contributed by atoms with van der Waals surface area (Å²) < 4.78 is 0. The minimum Gasteiger partial charge on any atom is -0.481 e. The van der Waals surface area contributed by atoms with Crippen LogP contribution in [0.15, 0.2) is 24.3 Å². The van der Waals surface area contributed by atoms with Gasteiger partial charge in [0.1, 0.15) is 5.92 Å². The van der Waals surface area contributed by atoms with E-state index in [0.717, 1.165) is 11.3 Å². The number of carboxylic acid groups (broad SMARTS) is 1. The van der Waals surface area contributed by atoms with E-state index in [-0.39, 0.29) is 0 Å². The number of anilines is 1. The summed E-state index contributed by atoms with van der Waals surface area (Å²) in [6, 6.07) is 7.63. The van der Waals surface area contributed by atoms with Gasteiger partial charge in [0.25, 0.3) is 0 Å². The van der Waals surface area contributed by atoms with Crippen LogP contribution in [0.1, 0.15) is 11.5 Å². The fourth-order valence-electron chi connectivity index (χ4n) is 2.07. The van der Waals surface area contributed by atoms with Crippen LogP contribution in [0.4, 0.5) is 5.69 Å². The van der Waals surface area contributed by atoms with Gasteiger partial charge < -0.3 is 15.7 Å². The maximum atomic E-state index is 11.1. The Morgan fingerprint density at radius 3 is 2.93 bits per heavy atom. The quantitative estimate of drug-likeness (QED) is 0.761. The van der Waals surface area contributed by atoms with Crippen LogP contribution in [0.2, 0.25) is 0 Å². The second-order valence-electron chi connectivity index (χ2n) is 3.68. The summed E-state index contributed by atoms with van der Waals surface area (Å²) in [6.07, 6.45) is 0. The summed E-state index contributed by atoms with van der Waals surface area (Å²) in [4.78, 5) is 13.1. The molecule has 1 unspecified atom stereocenters. The molecule has 0 bridgehead atoms. The standard InChI is InChI=1S/C11H14N2O2/c12-5-6-13-7-9(11(14)15)8-3-1-2-4-10(8)13/h1-4,9H,5-7,12H2,(H,14,15). The van der Waals surface area contributed by atoms with Gasteiger partial charge in [-0.2, -0.15) is 0 Å². The van der Waals surface area contributed by atoms with E-state index in [1.54, 1.807) is 0 Å². The maximum absolute atomic E-state index is 11.1. The van der Waals surface area contributed by atoms with Gasteiger partial charge in [0.05, 0.1) is 0 Å². The number of para-hydroxylation sites is 1. The molecular formula is C11H14N2O2. The van der Waals surface area contributed by atoms with Crippen molar-refractivity contribution in [2.24, 2.45) is 5.73 Å². The largest absolute Gasteiger partial charge is 0.481 e.